The van der Waals surface area contributed by atoms with Crippen molar-refractivity contribution in [3.63, 3.8) is 0 Å². The molecule has 3 aliphatic heterocycles. The third-order valence-corrected chi connectivity index (χ3v) is 8.70. The number of carbonyl (C=O) groups is 3. The van der Waals surface area contributed by atoms with Gasteiger partial charge in [0.1, 0.15) is 11.6 Å². The number of ether oxygens (including phenoxy) is 1. The van der Waals surface area contributed by atoms with Gasteiger partial charge in [0.05, 0.1) is 41.3 Å². The Hall–Kier alpha value is -2.94. The first-order valence-electron chi connectivity index (χ1n) is 13.2. The maximum Gasteiger partial charge on any atom is 0.250 e. The average molecular weight is 540 g/mol. The van der Waals surface area contributed by atoms with Crippen LogP contribution in [0.1, 0.15) is 37.8 Å². The molecule has 9 heteroatoms. The molecule has 8 nitrogen and oxygen atoms in total. The second-order valence-electron chi connectivity index (χ2n) is 10.9. The quantitative estimate of drug-likeness (QED) is 0.477. The minimum absolute atomic E-state index is 0.126. The number of nitrogens with one attached hydrogen (secondary N) is 2. The lowest BCUT2D eigenvalue weighted by atomic mass is 9.70. The highest BCUT2D eigenvalue weighted by atomic mass is 35.5. The van der Waals surface area contributed by atoms with Gasteiger partial charge < -0.3 is 25.4 Å². The Kier molecular flexibility index (Phi) is 7.24. The number of carbonyl (C=O) groups excluding carboxylic acids is 3. The first-order chi connectivity index (χ1) is 18.2. The van der Waals surface area contributed by atoms with Crippen LogP contribution < -0.4 is 10.6 Å². The average Bonchev–Trinajstić information content (AvgIpc) is 3.53. The number of nitrogens with zero attached hydrogens (tertiary/aromatic N) is 1. The van der Waals surface area contributed by atoms with E-state index in [1.54, 1.807) is 12.1 Å². The molecule has 3 N–H and O–H groups in total. The van der Waals surface area contributed by atoms with E-state index < -0.39 is 41.5 Å². The number of hydrogen-bond donors (Lipinski definition) is 3. The number of rotatable bonds is 8. The molecule has 5 rings (SSSR count). The number of aliphatic hydroxyl groups is 1. The summed E-state index contributed by atoms with van der Waals surface area (Å²) >= 11 is 6.40. The lowest BCUT2D eigenvalue weighted by molar-refractivity contribution is -0.145. The summed E-state index contributed by atoms with van der Waals surface area (Å²) in [6, 6.07) is 13.3. The Morgan fingerprint density at radius 1 is 1.16 bits per heavy atom. The zero-order chi connectivity index (χ0) is 27.2. The van der Waals surface area contributed by atoms with E-state index in [9.17, 15) is 19.5 Å². The highest BCUT2D eigenvalue weighted by Crippen LogP contribution is 2.59. The Labute approximate surface area is 227 Å². The molecule has 3 aliphatic rings. The lowest BCUT2D eigenvalue weighted by Crippen LogP contribution is -2.57. The predicted molar refractivity (Wildman–Crippen MR) is 143 cm³/mol. The molecule has 3 fully saturated rings. The smallest absolute Gasteiger partial charge is 0.250 e. The molecule has 3 saturated heterocycles. The largest absolute Gasteiger partial charge is 0.394 e. The second kappa shape index (κ2) is 10.3. The normalized spacial score (nSPS) is 28.5. The summed E-state index contributed by atoms with van der Waals surface area (Å²) in [4.78, 5) is 43.1. The molecule has 3 heterocycles. The van der Waals surface area contributed by atoms with E-state index in [0.717, 1.165) is 11.1 Å². The van der Waals surface area contributed by atoms with Gasteiger partial charge in [-0.25, -0.2) is 0 Å². The van der Waals surface area contributed by atoms with Gasteiger partial charge in [0.2, 0.25) is 17.7 Å². The van der Waals surface area contributed by atoms with Crippen molar-refractivity contribution >= 4 is 35.0 Å². The van der Waals surface area contributed by atoms with Gasteiger partial charge in [-0.15, -0.1) is 0 Å². The van der Waals surface area contributed by atoms with Gasteiger partial charge in [0.25, 0.3) is 0 Å². The fraction of sp³-hybridized carbons (Fsp3) is 0.483. The van der Waals surface area contributed by atoms with Gasteiger partial charge in [-0.3, -0.25) is 14.4 Å². The number of aliphatic hydroxyl groups excluding tert-OH is 1. The van der Waals surface area contributed by atoms with E-state index in [0.29, 0.717) is 30.1 Å². The van der Waals surface area contributed by atoms with Crippen molar-refractivity contribution in [1.29, 1.82) is 0 Å². The number of likely N-dealkylation sites (tertiary alicyclic amines) is 1. The number of benzene rings is 2. The van der Waals surface area contributed by atoms with Crippen LogP contribution in [-0.2, 0) is 25.7 Å². The maximum absolute atomic E-state index is 14.1. The molecule has 0 radical (unpaired) electrons. The summed E-state index contributed by atoms with van der Waals surface area (Å²) in [6.07, 6.45) is 0.593. The summed E-state index contributed by atoms with van der Waals surface area (Å²) in [5.74, 6) is -2.66. The Morgan fingerprint density at radius 3 is 2.55 bits per heavy atom. The fourth-order valence-corrected chi connectivity index (χ4v) is 6.82. The topological polar surface area (TPSA) is 108 Å². The number of para-hydroxylation sites is 1. The molecule has 2 aromatic carbocycles. The van der Waals surface area contributed by atoms with Crippen LogP contribution in [0.25, 0.3) is 0 Å². The molecule has 0 saturated carbocycles. The van der Waals surface area contributed by atoms with Crippen molar-refractivity contribution in [3.05, 3.63) is 64.7 Å². The number of amides is 3. The summed E-state index contributed by atoms with van der Waals surface area (Å²) in [5, 5.41) is 16.6. The van der Waals surface area contributed by atoms with E-state index in [1.807, 2.05) is 57.2 Å². The van der Waals surface area contributed by atoms with Crippen molar-refractivity contribution < 1.29 is 24.2 Å². The second-order valence-corrected chi connectivity index (χ2v) is 11.3. The van der Waals surface area contributed by atoms with Crippen LogP contribution >= 0.6 is 11.6 Å². The van der Waals surface area contributed by atoms with E-state index in [4.69, 9.17) is 16.3 Å². The molecule has 2 bridgehead atoms. The van der Waals surface area contributed by atoms with Crippen LogP contribution in [0.15, 0.2) is 48.5 Å². The standard InChI is InChI=1S/C29H34ClN3O5/c1-16(2)20(15-34)33-25(27(36)32-24-17(3)8-7-11-19(24)30)29-13-12-21(38-29)22(23(29)28(33)37)26(35)31-14-18-9-5-4-6-10-18/h4-11,16,20-23,25,34H,12-15H2,1-3H3,(H,31,35)(H,32,36)/t20-,21+,22-,23-,25?,29?/m0/s1. The number of anilines is 1. The highest BCUT2D eigenvalue weighted by molar-refractivity contribution is 6.34. The van der Waals surface area contributed by atoms with E-state index >= 15 is 0 Å². The van der Waals surface area contributed by atoms with E-state index in [1.165, 1.54) is 4.90 Å². The number of halogens is 1. The van der Waals surface area contributed by atoms with Gasteiger partial charge in [0.15, 0.2) is 0 Å². The monoisotopic (exact) mass is 539 g/mol. The zero-order valence-corrected chi connectivity index (χ0v) is 22.6. The molecule has 6 atom stereocenters. The highest BCUT2D eigenvalue weighted by Gasteiger charge is 2.75. The minimum atomic E-state index is -1.15. The third-order valence-electron chi connectivity index (χ3n) is 8.38. The molecule has 3 amide bonds. The molecule has 0 aromatic heterocycles. The lowest BCUT2D eigenvalue weighted by Gasteiger charge is -2.38. The Balaban J connectivity index is 1.49. The van der Waals surface area contributed by atoms with Crippen molar-refractivity contribution in [2.45, 2.75) is 63.9 Å². The van der Waals surface area contributed by atoms with Gasteiger partial charge in [-0.05, 0) is 42.9 Å². The van der Waals surface area contributed by atoms with Crippen molar-refractivity contribution in [1.82, 2.24) is 10.2 Å². The predicted octanol–water partition coefficient (Wildman–Crippen LogP) is 3.29. The van der Waals surface area contributed by atoms with Crippen LogP contribution in [0.2, 0.25) is 5.02 Å². The molecule has 0 aliphatic carbocycles. The van der Waals surface area contributed by atoms with Crippen molar-refractivity contribution in [3.8, 4) is 0 Å². The van der Waals surface area contributed by atoms with Crippen LogP contribution in [0.4, 0.5) is 5.69 Å². The fourth-order valence-electron chi connectivity index (χ4n) is 6.55. The summed E-state index contributed by atoms with van der Waals surface area (Å²) in [5.41, 5.74) is 1.05. The maximum atomic E-state index is 14.1. The van der Waals surface area contributed by atoms with Gasteiger partial charge >= 0.3 is 0 Å². The number of fused-ring (bicyclic) bond motifs is 1. The first-order valence-corrected chi connectivity index (χ1v) is 13.6. The third kappa shape index (κ3) is 4.28. The minimum Gasteiger partial charge on any atom is -0.394 e. The van der Waals surface area contributed by atoms with Crippen LogP contribution in [-0.4, -0.2) is 58.1 Å². The van der Waals surface area contributed by atoms with Crippen LogP contribution in [0, 0.1) is 24.7 Å². The summed E-state index contributed by atoms with van der Waals surface area (Å²) in [6.45, 7) is 5.66. The molecular weight excluding hydrogens is 506 g/mol. The molecule has 1 spiro atoms. The van der Waals surface area contributed by atoms with Crippen LogP contribution in [0.5, 0.6) is 0 Å². The van der Waals surface area contributed by atoms with Crippen molar-refractivity contribution in [2.75, 3.05) is 11.9 Å². The number of aryl methyl sites for hydroxylation is 1. The van der Waals surface area contributed by atoms with Gasteiger partial charge in [-0.2, -0.15) is 0 Å². The Morgan fingerprint density at radius 2 is 1.89 bits per heavy atom. The zero-order valence-electron chi connectivity index (χ0n) is 21.8. The summed E-state index contributed by atoms with van der Waals surface area (Å²) in [7, 11) is 0. The Bertz CT molecular complexity index is 1220. The van der Waals surface area contributed by atoms with Crippen LogP contribution in [0.3, 0.4) is 0 Å². The molecular formula is C29H34ClN3O5. The van der Waals surface area contributed by atoms with Crippen molar-refractivity contribution in [2.24, 2.45) is 17.8 Å². The molecule has 2 aromatic rings. The summed E-state index contributed by atoms with van der Waals surface area (Å²) < 4.78 is 6.48. The first kappa shape index (κ1) is 26.7. The number of hydrogen-bond acceptors (Lipinski definition) is 5. The molecule has 2 unspecified atom stereocenters. The van der Waals surface area contributed by atoms with E-state index in [-0.39, 0.29) is 24.3 Å². The van der Waals surface area contributed by atoms with Gasteiger partial charge in [0, 0.05) is 6.54 Å². The molecule has 202 valence electrons. The molecule has 38 heavy (non-hydrogen) atoms. The van der Waals surface area contributed by atoms with Gasteiger partial charge in [-0.1, -0.05) is 67.9 Å². The SMILES string of the molecule is Cc1cccc(Cl)c1NC(=O)C1N([C@@H](CO)C(C)C)C(=O)[C@@H]2[C@@H](C(=O)NCc3ccccc3)[C@H]3CCC12O3. The van der Waals surface area contributed by atoms with E-state index in [2.05, 4.69) is 10.6 Å².